The lowest BCUT2D eigenvalue weighted by Gasteiger charge is -2.20. The first-order chi connectivity index (χ1) is 17.6. The van der Waals surface area contributed by atoms with E-state index >= 15 is 0 Å². The Morgan fingerprint density at radius 3 is 2.35 bits per heavy atom. The molecular weight excluding hydrogens is 512 g/mol. The van der Waals surface area contributed by atoms with Crippen LogP contribution in [-0.4, -0.2) is 36.5 Å². The SMILES string of the molecule is Cc1cc(C)c(S(=O)(=O)N[C@@H](CCCCCC(=O)NO)C(=O)Nc2nc(-c3ccccc3)cs2)c(C)c1. The standard InChI is InChI=1S/C26H32N4O5S2/c1-17-14-18(2)24(19(3)15-17)37(34,35)30-21(12-8-5-9-13-23(31)29-33)25(32)28-26-27-22(16-36-26)20-10-6-4-7-11-20/h4,6-7,10-11,14-16,21,30,33H,5,8-9,12-13H2,1-3H3,(H,29,31)(H,27,28,32)/t21-/m0/s1. The molecule has 4 N–H and O–H groups in total. The maximum atomic E-state index is 13.4. The van der Waals surface area contributed by atoms with E-state index in [0.717, 1.165) is 11.1 Å². The summed E-state index contributed by atoms with van der Waals surface area (Å²) in [6, 6.07) is 12.1. The number of aromatic nitrogens is 1. The summed E-state index contributed by atoms with van der Waals surface area (Å²) in [5, 5.41) is 13.6. The van der Waals surface area contributed by atoms with Crippen LogP contribution in [0, 0.1) is 20.8 Å². The summed E-state index contributed by atoms with van der Waals surface area (Å²) < 4.78 is 29.3. The lowest BCUT2D eigenvalue weighted by Crippen LogP contribution is -2.44. The number of hydrogen-bond donors (Lipinski definition) is 4. The Hall–Kier alpha value is -3.12. The van der Waals surface area contributed by atoms with E-state index < -0.39 is 27.9 Å². The topological polar surface area (TPSA) is 137 Å². The molecule has 0 aliphatic heterocycles. The van der Waals surface area contributed by atoms with E-state index in [1.165, 1.54) is 11.3 Å². The van der Waals surface area contributed by atoms with Crippen molar-refractivity contribution in [3.63, 3.8) is 0 Å². The van der Waals surface area contributed by atoms with E-state index in [0.29, 0.717) is 41.2 Å². The molecule has 2 aromatic carbocycles. The van der Waals surface area contributed by atoms with Crippen LogP contribution in [0.15, 0.2) is 52.7 Å². The van der Waals surface area contributed by atoms with Gasteiger partial charge in [0.2, 0.25) is 21.8 Å². The van der Waals surface area contributed by atoms with Crippen molar-refractivity contribution in [1.29, 1.82) is 0 Å². The highest BCUT2D eigenvalue weighted by atomic mass is 32.2. The van der Waals surface area contributed by atoms with Gasteiger partial charge in [0.1, 0.15) is 6.04 Å². The predicted molar refractivity (Wildman–Crippen MR) is 144 cm³/mol. The number of benzene rings is 2. The molecule has 37 heavy (non-hydrogen) atoms. The Morgan fingerprint density at radius 1 is 1.03 bits per heavy atom. The molecule has 0 bridgehead atoms. The smallest absolute Gasteiger partial charge is 0.244 e. The van der Waals surface area contributed by atoms with Crippen LogP contribution in [0.2, 0.25) is 0 Å². The van der Waals surface area contributed by atoms with Crippen LogP contribution in [0.1, 0.15) is 48.8 Å². The number of hydrogen-bond acceptors (Lipinski definition) is 7. The molecule has 0 saturated carbocycles. The van der Waals surface area contributed by atoms with Crippen molar-refractivity contribution in [2.45, 2.75) is 63.8 Å². The molecule has 3 rings (SSSR count). The second-order valence-electron chi connectivity index (χ2n) is 8.93. The molecule has 0 aliphatic carbocycles. The molecule has 1 heterocycles. The zero-order valence-corrected chi connectivity index (χ0v) is 22.7. The second-order valence-corrected chi connectivity index (χ2v) is 11.4. The van der Waals surface area contributed by atoms with E-state index in [2.05, 4.69) is 15.0 Å². The fourth-order valence-electron chi connectivity index (χ4n) is 4.21. The summed E-state index contributed by atoms with van der Waals surface area (Å²) in [5.41, 5.74) is 5.37. The second kappa shape index (κ2) is 12.9. The summed E-state index contributed by atoms with van der Waals surface area (Å²) >= 11 is 1.26. The van der Waals surface area contributed by atoms with Gasteiger partial charge in [0.25, 0.3) is 0 Å². The highest BCUT2D eigenvalue weighted by molar-refractivity contribution is 7.89. The van der Waals surface area contributed by atoms with Gasteiger partial charge in [-0.3, -0.25) is 14.8 Å². The Labute approximate surface area is 221 Å². The molecule has 3 aromatic rings. The maximum Gasteiger partial charge on any atom is 0.244 e. The molecule has 2 amide bonds. The average molecular weight is 545 g/mol. The fraction of sp³-hybridized carbons (Fsp3) is 0.346. The number of sulfonamides is 1. The van der Waals surface area contributed by atoms with Gasteiger partial charge >= 0.3 is 0 Å². The number of unbranched alkanes of at least 4 members (excludes halogenated alkanes) is 2. The summed E-state index contributed by atoms with van der Waals surface area (Å²) in [6.07, 6.45) is 1.95. The summed E-state index contributed by atoms with van der Waals surface area (Å²) in [5.74, 6) is -0.994. The third kappa shape index (κ3) is 7.93. The van der Waals surface area contributed by atoms with Gasteiger partial charge in [-0.1, -0.05) is 60.9 Å². The lowest BCUT2D eigenvalue weighted by molar-refractivity contribution is -0.129. The number of carbonyl (C=O) groups is 2. The van der Waals surface area contributed by atoms with Gasteiger partial charge in [0.15, 0.2) is 5.13 Å². The minimum Gasteiger partial charge on any atom is -0.301 e. The number of thiazole rings is 1. The first kappa shape index (κ1) is 28.5. The molecule has 0 fully saturated rings. The van der Waals surface area contributed by atoms with E-state index in [9.17, 15) is 18.0 Å². The van der Waals surface area contributed by atoms with Crippen LogP contribution in [-0.2, 0) is 19.6 Å². The van der Waals surface area contributed by atoms with Crippen LogP contribution >= 0.6 is 11.3 Å². The van der Waals surface area contributed by atoms with Crippen molar-refractivity contribution in [2.24, 2.45) is 0 Å². The Morgan fingerprint density at radius 2 is 1.70 bits per heavy atom. The molecule has 0 radical (unpaired) electrons. The van der Waals surface area contributed by atoms with Crippen molar-refractivity contribution < 1.29 is 23.2 Å². The zero-order valence-electron chi connectivity index (χ0n) is 21.1. The van der Waals surface area contributed by atoms with Crippen LogP contribution in [0.3, 0.4) is 0 Å². The highest BCUT2D eigenvalue weighted by Gasteiger charge is 2.28. The normalized spacial score (nSPS) is 12.2. The van der Waals surface area contributed by atoms with E-state index in [-0.39, 0.29) is 17.7 Å². The molecule has 0 saturated heterocycles. The van der Waals surface area contributed by atoms with Crippen LogP contribution in [0.4, 0.5) is 5.13 Å². The molecule has 0 aliphatic rings. The van der Waals surface area contributed by atoms with E-state index in [4.69, 9.17) is 5.21 Å². The molecule has 0 unspecified atom stereocenters. The molecule has 9 nitrogen and oxygen atoms in total. The average Bonchev–Trinajstić information content (AvgIpc) is 3.31. The number of anilines is 1. The van der Waals surface area contributed by atoms with Crippen LogP contribution < -0.4 is 15.5 Å². The monoisotopic (exact) mass is 544 g/mol. The largest absolute Gasteiger partial charge is 0.301 e. The number of nitrogens with zero attached hydrogens (tertiary/aromatic N) is 1. The van der Waals surface area contributed by atoms with E-state index in [1.807, 2.05) is 42.6 Å². The van der Waals surface area contributed by atoms with Crippen molar-refractivity contribution in [3.8, 4) is 11.3 Å². The summed E-state index contributed by atoms with van der Waals surface area (Å²) in [7, 11) is -4.00. The number of amides is 2. The Kier molecular flexibility index (Phi) is 9.93. The van der Waals surface area contributed by atoms with Gasteiger partial charge in [-0.15, -0.1) is 11.3 Å². The maximum absolute atomic E-state index is 13.4. The quantitative estimate of drug-likeness (QED) is 0.151. The summed E-state index contributed by atoms with van der Waals surface area (Å²) in [6.45, 7) is 5.36. The van der Waals surface area contributed by atoms with Crippen molar-refractivity contribution in [3.05, 3.63) is 64.5 Å². The lowest BCUT2D eigenvalue weighted by atomic mass is 10.1. The van der Waals surface area contributed by atoms with Gasteiger partial charge in [0, 0.05) is 17.4 Å². The molecule has 198 valence electrons. The van der Waals surface area contributed by atoms with Crippen molar-refractivity contribution in [2.75, 3.05) is 5.32 Å². The zero-order chi connectivity index (χ0) is 27.0. The van der Waals surface area contributed by atoms with Gasteiger partial charge in [-0.2, -0.15) is 4.72 Å². The third-order valence-electron chi connectivity index (χ3n) is 5.81. The number of nitrogens with one attached hydrogen (secondary N) is 3. The number of hydroxylamine groups is 1. The van der Waals surface area contributed by atoms with Gasteiger partial charge in [-0.05, 0) is 44.7 Å². The van der Waals surface area contributed by atoms with Gasteiger partial charge in [0.05, 0.1) is 10.6 Å². The fourth-order valence-corrected chi connectivity index (χ4v) is 6.62. The molecular formula is C26H32N4O5S2. The summed E-state index contributed by atoms with van der Waals surface area (Å²) in [4.78, 5) is 29.1. The minimum absolute atomic E-state index is 0.141. The Bertz CT molecular complexity index is 1320. The van der Waals surface area contributed by atoms with Gasteiger partial charge in [-0.25, -0.2) is 18.9 Å². The highest BCUT2D eigenvalue weighted by Crippen LogP contribution is 2.26. The predicted octanol–water partition coefficient (Wildman–Crippen LogP) is 4.48. The number of aryl methyl sites for hydroxylation is 3. The third-order valence-corrected chi connectivity index (χ3v) is 8.35. The van der Waals surface area contributed by atoms with E-state index in [1.54, 1.807) is 31.5 Å². The first-order valence-corrected chi connectivity index (χ1v) is 14.3. The van der Waals surface area contributed by atoms with Crippen LogP contribution in [0.25, 0.3) is 11.3 Å². The number of carbonyl (C=O) groups excluding carboxylic acids is 2. The van der Waals surface area contributed by atoms with Gasteiger partial charge < -0.3 is 5.32 Å². The molecule has 1 aromatic heterocycles. The van der Waals surface area contributed by atoms with Crippen molar-refractivity contribution >= 4 is 38.3 Å². The van der Waals surface area contributed by atoms with Crippen molar-refractivity contribution in [1.82, 2.24) is 15.2 Å². The molecule has 11 heteroatoms. The molecule has 0 spiro atoms. The Balaban J connectivity index is 1.77. The number of rotatable bonds is 12. The molecule has 1 atom stereocenters. The minimum atomic E-state index is -4.00. The first-order valence-electron chi connectivity index (χ1n) is 12.0. The van der Waals surface area contributed by atoms with Crippen LogP contribution in [0.5, 0.6) is 0 Å².